The molecule has 0 saturated carbocycles. The lowest BCUT2D eigenvalue weighted by Gasteiger charge is -2.18. The van der Waals surface area contributed by atoms with Crippen molar-refractivity contribution in [1.82, 2.24) is 0 Å². The fraction of sp³-hybridized carbons (Fsp3) is 0.364. The Balaban J connectivity index is 2.68. The van der Waals surface area contributed by atoms with Gasteiger partial charge in [-0.2, -0.15) is 0 Å². The fourth-order valence-electron chi connectivity index (χ4n) is 1.22. The van der Waals surface area contributed by atoms with Gasteiger partial charge in [-0.1, -0.05) is 6.07 Å². The quantitative estimate of drug-likeness (QED) is 0.667. The van der Waals surface area contributed by atoms with Gasteiger partial charge >= 0.3 is 0 Å². The number of nitrogens with zero attached hydrogens (tertiary/aromatic N) is 1. The van der Waals surface area contributed by atoms with Crippen molar-refractivity contribution in [3.63, 3.8) is 0 Å². The van der Waals surface area contributed by atoms with E-state index in [4.69, 9.17) is 4.74 Å². The predicted octanol–water partition coefficient (Wildman–Crippen LogP) is 1.72. The third-order valence-electron chi connectivity index (χ3n) is 2.08. The number of carbonyl (C=O) groups is 1. The normalized spacial score (nSPS) is 9.57. The Bertz CT molecular complexity index is 299. The van der Waals surface area contributed by atoms with Gasteiger partial charge in [-0.15, -0.1) is 0 Å². The van der Waals surface area contributed by atoms with Crippen LogP contribution in [0.4, 0.5) is 5.69 Å². The summed E-state index contributed by atoms with van der Waals surface area (Å²) in [6.07, 6.45) is 1.48. The van der Waals surface area contributed by atoms with Gasteiger partial charge in [0.15, 0.2) is 0 Å². The highest BCUT2D eigenvalue weighted by Crippen LogP contribution is 2.19. The van der Waals surface area contributed by atoms with Gasteiger partial charge in [-0.25, -0.2) is 0 Å². The molecular formula is C11H15NO2. The molecule has 0 aliphatic heterocycles. The lowest BCUT2D eigenvalue weighted by atomic mass is 10.2. The maximum absolute atomic E-state index is 10.2. The van der Waals surface area contributed by atoms with Crippen LogP contribution in [0.25, 0.3) is 0 Å². The molecule has 0 radical (unpaired) electrons. The van der Waals surface area contributed by atoms with Crippen molar-refractivity contribution < 1.29 is 9.53 Å². The highest BCUT2D eigenvalue weighted by Gasteiger charge is 2.00. The summed E-state index contributed by atoms with van der Waals surface area (Å²) >= 11 is 0. The molecule has 0 unspecified atom stereocenters. The van der Waals surface area contributed by atoms with E-state index in [1.807, 2.05) is 36.2 Å². The summed E-state index contributed by atoms with van der Waals surface area (Å²) in [5.41, 5.74) is 1.06. The molecule has 76 valence electrons. The Morgan fingerprint density at radius 3 is 2.93 bits per heavy atom. The van der Waals surface area contributed by atoms with Gasteiger partial charge < -0.3 is 14.4 Å². The molecule has 3 heteroatoms. The van der Waals surface area contributed by atoms with Gasteiger partial charge in [0, 0.05) is 31.8 Å². The minimum Gasteiger partial charge on any atom is -0.497 e. The SMILES string of the molecule is COc1cccc(N(C)CCC=O)c1. The minimum absolute atomic E-state index is 0.549. The van der Waals surface area contributed by atoms with Gasteiger partial charge in [-0.3, -0.25) is 0 Å². The van der Waals surface area contributed by atoms with Crippen molar-refractivity contribution in [2.24, 2.45) is 0 Å². The average Bonchev–Trinajstić information content (AvgIpc) is 2.26. The van der Waals surface area contributed by atoms with Gasteiger partial charge in [0.2, 0.25) is 0 Å². The zero-order chi connectivity index (χ0) is 10.4. The number of carbonyl (C=O) groups excluding carboxylic acids is 1. The lowest BCUT2D eigenvalue weighted by Crippen LogP contribution is -2.18. The molecule has 14 heavy (non-hydrogen) atoms. The van der Waals surface area contributed by atoms with Crippen LogP contribution in [-0.2, 0) is 4.79 Å². The molecule has 0 N–H and O–H groups in total. The number of anilines is 1. The van der Waals surface area contributed by atoms with Crippen molar-refractivity contribution in [3.05, 3.63) is 24.3 Å². The molecule has 0 heterocycles. The lowest BCUT2D eigenvalue weighted by molar-refractivity contribution is -0.107. The summed E-state index contributed by atoms with van der Waals surface area (Å²) in [5, 5.41) is 0. The smallest absolute Gasteiger partial charge is 0.121 e. The van der Waals surface area contributed by atoms with E-state index in [0.717, 1.165) is 24.3 Å². The largest absolute Gasteiger partial charge is 0.497 e. The number of methoxy groups -OCH3 is 1. The third kappa shape index (κ3) is 2.76. The van der Waals surface area contributed by atoms with Crippen LogP contribution >= 0.6 is 0 Å². The Morgan fingerprint density at radius 2 is 2.29 bits per heavy atom. The first-order valence-corrected chi connectivity index (χ1v) is 4.56. The van der Waals surface area contributed by atoms with Crippen LogP contribution in [0.2, 0.25) is 0 Å². The van der Waals surface area contributed by atoms with E-state index in [9.17, 15) is 4.79 Å². The molecule has 0 aromatic heterocycles. The molecule has 0 saturated heterocycles. The van der Waals surface area contributed by atoms with Crippen molar-refractivity contribution in [2.75, 3.05) is 25.6 Å². The van der Waals surface area contributed by atoms with Crippen molar-refractivity contribution in [3.8, 4) is 5.75 Å². The minimum atomic E-state index is 0.549. The van der Waals surface area contributed by atoms with E-state index in [2.05, 4.69) is 0 Å². The number of ether oxygens (including phenoxy) is 1. The number of hydrogen-bond donors (Lipinski definition) is 0. The molecule has 0 bridgehead atoms. The van der Waals surface area contributed by atoms with Crippen molar-refractivity contribution in [1.29, 1.82) is 0 Å². The topological polar surface area (TPSA) is 29.5 Å². The number of hydrogen-bond acceptors (Lipinski definition) is 3. The second kappa shape index (κ2) is 5.27. The maximum Gasteiger partial charge on any atom is 0.121 e. The van der Waals surface area contributed by atoms with Crippen LogP contribution < -0.4 is 9.64 Å². The van der Waals surface area contributed by atoms with Crippen LogP contribution in [0, 0.1) is 0 Å². The standard InChI is InChI=1S/C11H15NO2/c1-12(7-4-8-13)10-5-3-6-11(9-10)14-2/h3,5-6,8-9H,4,7H2,1-2H3. The summed E-state index contributed by atoms with van der Waals surface area (Å²) in [5.74, 6) is 0.834. The second-order valence-corrected chi connectivity index (χ2v) is 3.08. The molecule has 1 aromatic carbocycles. The molecule has 0 amide bonds. The molecule has 3 nitrogen and oxygen atoms in total. The van der Waals surface area contributed by atoms with E-state index >= 15 is 0 Å². The van der Waals surface area contributed by atoms with Crippen LogP contribution in [0.3, 0.4) is 0 Å². The zero-order valence-corrected chi connectivity index (χ0v) is 8.56. The number of rotatable bonds is 5. The molecule has 0 aliphatic carbocycles. The zero-order valence-electron chi connectivity index (χ0n) is 8.56. The molecule has 1 aromatic rings. The van der Waals surface area contributed by atoms with Crippen molar-refractivity contribution in [2.45, 2.75) is 6.42 Å². The summed E-state index contributed by atoms with van der Waals surface area (Å²) in [4.78, 5) is 12.2. The van der Waals surface area contributed by atoms with E-state index in [1.165, 1.54) is 0 Å². The summed E-state index contributed by atoms with van der Waals surface area (Å²) in [6, 6.07) is 7.78. The van der Waals surface area contributed by atoms with E-state index in [0.29, 0.717) is 6.42 Å². The average molecular weight is 193 g/mol. The monoisotopic (exact) mass is 193 g/mol. The highest BCUT2D eigenvalue weighted by atomic mass is 16.5. The van der Waals surface area contributed by atoms with Gasteiger partial charge in [0.05, 0.1) is 7.11 Å². The van der Waals surface area contributed by atoms with E-state index in [1.54, 1.807) is 7.11 Å². The summed E-state index contributed by atoms with van der Waals surface area (Å²) in [6.45, 7) is 0.733. The third-order valence-corrected chi connectivity index (χ3v) is 2.08. The molecule has 0 atom stereocenters. The molecule has 0 spiro atoms. The van der Waals surface area contributed by atoms with E-state index in [-0.39, 0.29) is 0 Å². The van der Waals surface area contributed by atoms with Crippen LogP contribution in [-0.4, -0.2) is 27.0 Å². The summed E-state index contributed by atoms with van der Waals surface area (Å²) < 4.78 is 5.11. The Kier molecular flexibility index (Phi) is 3.98. The first-order chi connectivity index (χ1) is 6.77. The number of aldehydes is 1. The fourth-order valence-corrected chi connectivity index (χ4v) is 1.22. The van der Waals surface area contributed by atoms with Gasteiger partial charge in [0.1, 0.15) is 12.0 Å². The predicted molar refractivity (Wildman–Crippen MR) is 56.9 cm³/mol. The first-order valence-electron chi connectivity index (χ1n) is 4.56. The van der Waals surface area contributed by atoms with Crippen LogP contribution in [0.15, 0.2) is 24.3 Å². The number of benzene rings is 1. The highest BCUT2D eigenvalue weighted by molar-refractivity contribution is 5.54. The van der Waals surface area contributed by atoms with E-state index < -0.39 is 0 Å². The molecule has 0 fully saturated rings. The molecule has 1 rings (SSSR count). The maximum atomic E-state index is 10.2. The Hall–Kier alpha value is -1.51. The van der Waals surface area contributed by atoms with Crippen LogP contribution in [0.5, 0.6) is 5.75 Å². The van der Waals surface area contributed by atoms with Crippen molar-refractivity contribution >= 4 is 12.0 Å². The van der Waals surface area contributed by atoms with Gasteiger partial charge in [-0.05, 0) is 12.1 Å². The Morgan fingerprint density at radius 1 is 1.50 bits per heavy atom. The first kappa shape index (κ1) is 10.6. The molecule has 0 aliphatic rings. The van der Waals surface area contributed by atoms with Crippen LogP contribution in [0.1, 0.15) is 6.42 Å². The van der Waals surface area contributed by atoms with Gasteiger partial charge in [0.25, 0.3) is 0 Å². The summed E-state index contributed by atoms with van der Waals surface area (Å²) in [7, 11) is 3.60. The molecular weight excluding hydrogens is 178 g/mol. The Labute approximate surface area is 84.3 Å². The second-order valence-electron chi connectivity index (χ2n) is 3.08.